The van der Waals surface area contributed by atoms with Gasteiger partial charge < -0.3 is 0 Å². The molecule has 1 N–H and O–H groups in total. The van der Waals surface area contributed by atoms with Crippen LogP contribution in [0.25, 0.3) is 10.2 Å². The molecule has 3 aromatic rings. The fourth-order valence-electron chi connectivity index (χ4n) is 2.53. The number of benzene rings is 2. The first-order valence-electron chi connectivity index (χ1n) is 8.18. The second kappa shape index (κ2) is 7.94. The van der Waals surface area contributed by atoms with Crippen molar-refractivity contribution in [1.29, 1.82) is 0 Å². The molecule has 11 heteroatoms. The molecule has 28 heavy (non-hydrogen) atoms. The molecule has 0 radical (unpaired) electrons. The average Bonchev–Trinajstić information content (AvgIpc) is 3.02. The van der Waals surface area contributed by atoms with E-state index in [4.69, 9.17) is 11.6 Å². The van der Waals surface area contributed by atoms with Crippen LogP contribution in [0.3, 0.4) is 0 Å². The van der Waals surface area contributed by atoms with E-state index in [2.05, 4.69) is 9.71 Å². The third kappa shape index (κ3) is 4.62. The third-order valence-corrected chi connectivity index (χ3v) is 8.74. The fourth-order valence-corrected chi connectivity index (χ4v) is 6.79. The van der Waals surface area contributed by atoms with Crippen LogP contribution in [0.4, 0.5) is 10.1 Å². The normalized spacial score (nSPS) is 12.4. The molecule has 0 saturated heterocycles. The molecule has 3 rings (SSSR count). The van der Waals surface area contributed by atoms with Crippen molar-refractivity contribution in [1.82, 2.24) is 4.98 Å². The monoisotopic (exact) mass is 462 g/mol. The highest BCUT2D eigenvalue weighted by molar-refractivity contribution is 7.93. The highest BCUT2D eigenvalue weighted by Gasteiger charge is 2.20. The van der Waals surface area contributed by atoms with Crippen molar-refractivity contribution in [3.63, 3.8) is 0 Å². The van der Waals surface area contributed by atoms with E-state index in [1.807, 2.05) is 0 Å². The summed E-state index contributed by atoms with van der Waals surface area (Å²) in [6.07, 6.45) is 0.474. The lowest BCUT2D eigenvalue weighted by molar-refractivity contribution is 0.591. The minimum absolute atomic E-state index is 0.00231. The molecule has 150 valence electrons. The van der Waals surface area contributed by atoms with E-state index in [0.717, 1.165) is 17.4 Å². The topological polar surface area (TPSA) is 93.2 Å². The molecule has 0 aliphatic carbocycles. The highest BCUT2D eigenvalue weighted by atomic mass is 35.5. The summed E-state index contributed by atoms with van der Waals surface area (Å²) >= 11 is 6.87. The van der Waals surface area contributed by atoms with Crippen LogP contribution in [0.2, 0.25) is 5.02 Å². The predicted octanol–water partition coefficient (Wildman–Crippen LogP) is 4.21. The third-order valence-electron chi connectivity index (χ3n) is 3.78. The molecule has 0 aliphatic rings. The zero-order valence-corrected chi connectivity index (χ0v) is 17.9. The summed E-state index contributed by atoms with van der Waals surface area (Å²) in [5, 5.41) is 0.0223. The van der Waals surface area contributed by atoms with Gasteiger partial charge in [-0.2, -0.15) is 0 Å². The zero-order valence-electron chi connectivity index (χ0n) is 14.6. The van der Waals surface area contributed by atoms with E-state index in [9.17, 15) is 21.2 Å². The van der Waals surface area contributed by atoms with Gasteiger partial charge in [0.2, 0.25) is 24.2 Å². The summed E-state index contributed by atoms with van der Waals surface area (Å²) < 4.78 is 65.9. The van der Waals surface area contributed by atoms with Crippen LogP contribution >= 0.6 is 22.9 Å². The molecule has 0 saturated carbocycles. The second-order valence-corrected chi connectivity index (χ2v) is 11.5. The van der Waals surface area contributed by atoms with Crippen molar-refractivity contribution in [2.24, 2.45) is 0 Å². The first-order valence-corrected chi connectivity index (χ1v) is 12.7. The van der Waals surface area contributed by atoms with E-state index in [1.165, 1.54) is 30.3 Å². The maximum atomic E-state index is 13.9. The van der Waals surface area contributed by atoms with Crippen molar-refractivity contribution in [2.75, 3.05) is 10.5 Å². The molecule has 0 bridgehead atoms. The lowest BCUT2D eigenvalue weighted by atomic mass is 10.2. The molecular weight excluding hydrogens is 447 g/mol. The van der Waals surface area contributed by atoms with Gasteiger partial charge in [0.15, 0.2) is 0 Å². The van der Waals surface area contributed by atoms with Gasteiger partial charge in [-0.25, -0.2) is 26.2 Å². The summed E-state index contributed by atoms with van der Waals surface area (Å²) in [4.78, 5) is 4.12. The molecule has 0 spiro atoms. The largest absolute Gasteiger partial charge is 0.283 e. The first kappa shape index (κ1) is 21.0. The van der Waals surface area contributed by atoms with Crippen molar-refractivity contribution in [2.45, 2.75) is 23.4 Å². The fraction of sp³-hybridized carbons (Fsp3) is 0.235. The molecule has 6 nitrogen and oxygen atoms in total. The lowest BCUT2D eigenvalue weighted by Crippen LogP contribution is -2.16. The smallest absolute Gasteiger partial charge is 0.237 e. The van der Waals surface area contributed by atoms with Crippen LogP contribution in [-0.2, 0) is 25.6 Å². The first-order chi connectivity index (χ1) is 13.1. The molecule has 0 atom stereocenters. The maximum Gasteiger partial charge on any atom is 0.237 e. The van der Waals surface area contributed by atoms with Gasteiger partial charge in [0, 0.05) is 10.6 Å². The number of thiazole rings is 1. The van der Waals surface area contributed by atoms with Crippen LogP contribution in [0.15, 0.2) is 40.7 Å². The number of hydrogen-bond acceptors (Lipinski definition) is 6. The van der Waals surface area contributed by atoms with Gasteiger partial charge in [-0.05, 0) is 36.8 Å². The van der Waals surface area contributed by atoms with Crippen molar-refractivity contribution >= 4 is 58.7 Å². The van der Waals surface area contributed by atoms with Gasteiger partial charge in [-0.3, -0.25) is 4.72 Å². The van der Waals surface area contributed by atoms with Gasteiger partial charge in [-0.1, -0.05) is 24.6 Å². The van der Waals surface area contributed by atoms with Crippen LogP contribution in [0.5, 0.6) is 0 Å². The quantitative estimate of drug-likeness (QED) is 0.567. The number of hydrogen-bond donors (Lipinski definition) is 1. The summed E-state index contributed by atoms with van der Waals surface area (Å²) in [5.74, 6) is -1.34. The van der Waals surface area contributed by atoms with E-state index in [0.29, 0.717) is 16.6 Å². The predicted molar refractivity (Wildman–Crippen MR) is 110 cm³/mol. The molecule has 0 aliphatic heterocycles. The van der Waals surface area contributed by atoms with Crippen LogP contribution in [0.1, 0.15) is 18.9 Å². The molecule has 1 aromatic heterocycles. The van der Waals surface area contributed by atoms with Crippen molar-refractivity contribution in [3.8, 4) is 0 Å². The van der Waals surface area contributed by atoms with Gasteiger partial charge in [-0.15, -0.1) is 11.3 Å². The molecular formula is C17H16ClFN2O4S3. The number of halogens is 2. The van der Waals surface area contributed by atoms with E-state index >= 15 is 0 Å². The zero-order chi connectivity index (χ0) is 20.5. The second-order valence-electron chi connectivity index (χ2n) is 6.04. The Kier molecular flexibility index (Phi) is 5.95. The number of fused-ring (bicyclic) bond motifs is 1. The molecule has 2 aromatic carbocycles. The number of rotatable bonds is 7. The Morgan fingerprint density at radius 1 is 1.18 bits per heavy atom. The number of aromatic nitrogens is 1. The van der Waals surface area contributed by atoms with E-state index in [-0.39, 0.29) is 26.4 Å². The van der Waals surface area contributed by atoms with Crippen LogP contribution in [0, 0.1) is 5.82 Å². The summed E-state index contributed by atoms with van der Waals surface area (Å²) in [7, 11) is -7.40. The number of anilines is 1. The number of nitrogens with zero attached hydrogens (tertiary/aromatic N) is 1. The van der Waals surface area contributed by atoms with E-state index in [1.54, 1.807) is 6.92 Å². The number of sulfone groups is 1. The summed E-state index contributed by atoms with van der Waals surface area (Å²) in [6, 6.07) is 8.45. The van der Waals surface area contributed by atoms with Gasteiger partial charge in [0.05, 0.1) is 27.4 Å². The molecule has 0 amide bonds. The minimum Gasteiger partial charge on any atom is -0.283 e. The Morgan fingerprint density at radius 2 is 1.93 bits per heavy atom. The van der Waals surface area contributed by atoms with Crippen molar-refractivity contribution < 1.29 is 21.2 Å². The molecule has 0 unspecified atom stereocenters. The SMILES string of the molecule is CCCS(=O)(=O)c1nc2ccc(NS(=O)(=O)Cc3c(F)cccc3Cl)cc2s1. The Bertz CT molecular complexity index is 1220. The van der Waals surface area contributed by atoms with Gasteiger partial charge in [0.1, 0.15) is 5.82 Å². The molecule has 1 heterocycles. The Labute approximate surface area is 171 Å². The van der Waals surface area contributed by atoms with E-state index < -0.39 is 31.4 Å². The number of nitrogens with one attached hydrogen (secondary N) is 1. The minimum atomic E-state index is -3.94. The van der Waals surface area contributed by atoms with Crippen LogP contribution in [-0.4, -0.2) is 27.6 Å². The molecule has 0 fully saturated rings. The Hall–Kier alpha value is -1.75. The number of sulfonamides is 1. The summed E-state index contributed by atoms with van der Waals surface area (Å²) in [5.41, 5.74) is 0.561. The van der Waals surface area contributed by atoms with Gasteiger partial charge >= 0.3 is 0 Å². The van der Waals surface area contributed by atoms with Crippen LogP contribution < -0.4 is 4.72 Å². The highest BCUT2D eigenvalue weighted by Crippen LogP contribution is 2.29. The lowest BCUT2D eigenvalue weighted by Gasteiger charge is -2.10. The summed E-state index contributed by atoms with van der Waals surface area (Å²) in [6.45, 7) is 1.76. The van der Waals surface area contributed by atoms with Gasteiger partial charge in [0.25, 0.3) is 0 Å². The maximum absolute atomic E-state index is 13.9. The standard InChI is InChI=1S/C17H16ClFN2O4S3/c1-2-8-27(22,23)17-20-15-7-6-11(9-16(15)26-17)21-28(24,25)10-12-13(18)4-3-5-14(12)19/h3-7,9,21H,2,8,10H2,1H3. The van der Waals surface area contributed by atoms with Crippen molar-refractivity contribution in [3.05, 3.63) is 52.8 Å². The average molecular weight is 463 g/mol. The Morgan fingerprint density at radius 3 is 2.61 bits per heavy atom. The Balaban J connectivity index is 1.88.